The van der Waals surface area contributed by atoms with Crippen molar-refractivity contribution < 1.29 is 31.8 Å². The van der Waals surface area contributed by atoms with Gasteiger partial charge in [0, 0.05) is 18.3 Å². The van der Waals surface area contributed by atoms with Crippen molar-refractivity contribution in [3.05, 3.63) is 52.9 Å². The topological polar surface area (TPSA) is 53.3 Å². The molecule has 0 atom stereocenters. The number of carbonyl (C=O) groups excluding carboxylic acids is 1. The van der Waals surface area contributed by atoms with E-state index in [1.807, 2.05) is 0 Å². The largest absolute Gasteiger partial charge is 0.496 e. The molecule has 2 aromatic rings. The Morgan fingerprint density at radius 3 is 2.64 bits per heavy atom. The van der Waals surface area contributed by atoms with Crippen LogP contribution in [-0.4, -0.2) is 41.6 Å². The van der Waals surface area contributed by atoms with Gasteiger partial charge in [-0.1, -0.05) is 12.1 Å². The Morgan fingerprint density at radius 2 is 2.07 bits per heavy atom. The van der Waals surface area contributed by atoms with Crippen LogP contribution in [-0.2, 0) is 18.4 Å². The summed E-state index contributed by atoms with van der Waals surface area (Å²) in [7, 11) is 3.11. The molecule has 5 nitrogen and oxygen atoms in total. The number of hydrogen-bond donors (Lipinski definition) is 0. The van der Waals surface area contributed by atoms with E-state index < -0.39 is 19.0 Å². The van der Waals surface area contributed by atoms with Gasteiger partial charge in [0.15, 0.2) is 5.78 Å². The maximum atomic E-state index is 13.0. The molecule has 0 aliphatic heterocycles. The van der Waals surface area contributed by atoms with Crippen molar-refractivity contribution in [2.75, 3.05) is 13.7 Å². The standard InChI is InChI=1S/C19H20F4N2O3/c1-12-15(9-24-25(12)2)16(26)6-4-13-5-7-17(27-3)14(8-13)10-28-11-19(22,23)18(20)21/h4-9,18H,10-11H2,1-3H3/b6-4+. The minimum Gasteiger partial charge on any atom is -0.496 e. The minimum atomic E-state index is -4.22. The van der Waals surface area contributed by atoms with Crippen LogP contribution in [0.4, 0.5) is 17.6 Å². The van der Waals surface area contributed by atoms with Gasteiger partial charge >= 0.3 is 12.3 Å². The number of carbonyl (C=O) groups is 1. The summed E-state index contributed by atoms with van der Waals surface area (Å²) in [4.78, 5) is 12.3. The maximum Gasteiger partial charge on any atom is 0.330 e. The molecule has 0 bridgehead atoms. The molecule has 0 N–H and O–H groups in total. The van der Waals surface area contributed by atoms with Crippen molar-refractivity contribution in [2.24, 2.45) is 7.05 Å². The number of hydrogen-bond acceptors (Lipinski definition) is 4. The summed E-state index contributed by atoms with van der Waals surface area (Å²) in [5.41, 5.74) is 2.16. The molecule has 28 heavy (non-hydrogen) atoms. The molecule has 0 amide bonds. The molecule has 152 valence electrons. The number of ketones is 1. The lowest BCUT2D eigenvalue weighted by Gasteiger charge is -2.16. The number of alkyl halides is 4. The Labute approximate surface area is 159 Å². The van der Waals surface area contributed by atoms with Crippen LogP contribution < -0.4 is 4.74 Å². The highest BCUT2D eigenvalue weighted by Crippen LogP contribution is 2.26. The van der Waals surface area contributed by atoms with Crippen LogP contribution in [0.5, 0.6) is 5.75 Å². The third-order valence-electron chi connectivity index (χ3n) is 4.10. The van der Waals surface area contributed by atoms with Gasteiger partial charge in [0.05, 0.1) is 25.5 Å². The molecule has 0 radical (unpaired) electrons. The molecule has 0 saturated carbocycles. The summed E-state index contributed by atoms with van der Waals surface area (Å²) in [5, 5.41) is 4.01. The highest BCUT2D eigenvalue weighted by molar-refractivity contribution is 6.07. The van der Waals surface area contributed by atoms with Crippen LogP contribution in [0.25, 0.3) is 6.08 Å². The predicted octanol–water partition coefficient (Wildman–Crippen LogP) is 4.05. The van der Waals surface area contributed by atoms with Crippen LogP contribution in [0.1, 0.15) is 27.2 Å². The number of aryl methyl sites for hydroxylation is 1. The van der Waals surface area contributed by atoms with E-state index in [1.54, 1.807) is 42.9 Å². The van der Waals surface area contributed by atoms with Gasteiger partial charge in [-0.05, 0) is 30.7 Å². The van der Waals surface area contributed by atoms with Crippen molar-refractivity contribution >= 4 is 11.9 Å². The molecule has 0 aliphatic rings. The summed E-state index contributed by atoms with van der Waals surface area (Å²) in [6.07, 6.45) is 0.580. The fourth-order valence-corrected chi connectivity index (χ4v) is 2.38. The molecule has 1 aromatic heterocycles. The number of halogens is 4. The Balaban J connectivity index is 2.11. The normalized spacial score (nSPS) is 12.1. The van der Waals surface area contributed by atoms with Crippen LogP contribution in [0.15, 0.2) is 30.5 Å². The fraction of sp³-hybridized carbons (Fsp3) is 0.368. The van der Waals surface area contributed by atoms with E-state index in [1.165, 1.54) is 19.4 Å². The average Bonchev–Trinajstić information content (AvgIpc) is 2.98. The van der Waals surface area contributed by atoms with Crippen LogP contribution in [0, 0.1) is 6.92 Å². The first-order valence-corrected chi connectivity index (χ1v) is 8.27. The number of allylic oxidation sites excluding steroid dienone is 1. The van der Waals surface area contributed by atoms with E-state index >= 15 is 0 Å². The van der Waals surface area contributed by atoms with E-state index in [9.17, 15) is 22.4 Å². The van der Waals surface area contributed by atoms with E-state index in [2.05, 4.69) is 5.10 Å². The Bertz CT molecular complexity index is 863. The second-order valence-corrected chi connectivity index (χ2v) is 6.09. The molecule has 0 saturated heterocycles. The summed E-state index contributed by atoms with van der Waals surface area (Å²) in [6.45, 7) is 0.0154. The number of methoxy groups -OCH3 is 1. The molecule has 0 spiro atoms. The van der Waals surface area contributed by atoms with Crippen molar-refractivity contribution in [3.8, 4) is 5.75 Å². The van der Waals surface area contributed by atoms with E-state index in [0.29, 0.717) is 22.4 Å². The molecule has 0 fully saturated rings. The molecule has 1 aromatic carbocycles. The van der Waals surface area contributed by atoms with Crippen molar-refractivity contribution in [1.82, 2.24) is 9.78 Å². The highest BCUT2D eigenvalue weighted by atomic mass is 19.3. The van der Waals surface area contributed by atoms with E-state index in [-0.39, 0.29) is 12.4 Å². The molecule has 9 heteroatoms. The predicted molar refractivity (Wildman–Crippen MR) is 94.9 cm³/mol. The zero-order valence-corrected chi connectivity index (χ0v) is 15.6. The summed E-state index contributed by atoms with van der Waals surface area (Å²) < 4.78 is 61.7. The Kier molecular flexibility index (Phi) is 6.95. The zero-order chi connectivity index (χ0) is 20.9. The number of ether oxygens (including phenoxy) is 2. The fourth-order valence-electron chi connectivity index (χ4n) is 2.38. The molecular formula is C19H20F4N2O3. The zero-order valence-electron chi connectivity index (χ0n) is 15.6. The van der Waals surface area contributed by atoms with Crippen LogP contribution >= 0.6 is 0 Å². The summed E-state index contributed by atoms with van der Waals surface area (Å²) >= 11 is 0. The van der Waals surface area contributed by atoms with Gasteiger partial charge < -0.3 is 9.47 Å². The lowest BCUT2D eigenvalue weighted by molar-refractivity contribution is -0.168. The van der Waals surface area contributed by atoms with Gasteiger partial charge in [-0.2, -0.15) is 13.9 Å². The number of nitrogens with zero attached hydrogens (tertiary/aromatic N) is 2. The number of rotatable bonds is 9. The second-order valence-electron chi connectivity index (χ2n) is 6.09. The summed E-state index contributed by atoms with van der Waals surface area (Å²) in [5.74, 6) is -4.11. The average molecular weight is 400 g/mol. The Hall–Kier alpha value is -2.68. The first-order chi connectivity index (χ1) is 13.2. The van der Waals surface area contributed by atoms with Crippen molar-refractivity contribution in [1.29, 1.82) is 0 Å². The molecule has 2 rings (SSSR count). The quantitative estimate of drug-likeness (QED) is 0.362. The van der Waals surface area contributed by atoms with Gasteiger partial charge in [0.2, 0.25) is 0 Å². The van der Waals surface area contributed by atoms with Gasteiger partial charge in [-0.15, -0.1) is 0 Å². The number of benzene rings is 1. The second kappa shape index (κ2) is 9.01. The third kappa shape index (κ3) is 5.19. The van der Waals surface area contributed by atoms with Crippen LogP contribution in [0.3, 0.4) is 0 Å². The first kappa shape index (κ1) is 21.6. The lowest BCUT2D eigenvalue weighted by Crippen LogP contribution is -2.32. The Morgan fingerprint density at radius 1 is 1.36 bits per heavy atom. The molecular weight excluding hydrogens is 380 g/mol. The molecule has 0 unspecified atom stereocenters. The molecule has 1 heterocycles. The van der Waals surface area contributed by atoms with E-state index in [0.717, 1.165) is 5.69 Å². The smallest absolute Gasteiger partial charge is 0.330 e. The van der Waals surface area contributed by atoms with E-state index in [4.69, 9.17) is 9.47 Å². The van der Waals surface area contributed by atoms with Gasteiger partial charge in [-0.25, -0.2) is 8.78 Å². The highest BCUT2D eigenvalue weighted by Gasteiger charge is 2.40. The number of aromatic nitrogens is 2. The van der Waals surface area contributed by atoms with Crippen LogP contribution in [0.2, 0.25) is 0 Å². The van der Waals surface area contributed by atoms with Crippen molar-refractivity contribution in [2.45, 2.75) is 25.9 Å². The minimum absolute atomic E-state index is 0.240. The monoisotopic (exact) mass is 400 g/mol. The van der Waals surface area contributed by atoms with Gasteiger partial charge in [0.1, 0.15) is 12.4 Å². The maximum absolute atomic E-state index is 13.0. The van der Waals surface area contributed by atoms with Gasteiger partial charge in [-0.3, -0.25) is 9.48 Å². The lowest BCUT2D eigenvalue weighted by atomic mass is 10.1. The van der Waals surface area contributed by atoms with Gasteiger partial charge in [0.25, 0.3) is 0 Å². The SMILES string of the molecule is COc1ccc(/C=C/C(=O)c2cnn(C)c2C)cc1COCC(F)(F)C(F)F. The van der Waals surface area contributed by atoms with Crippen molar-refractivity contribution in [3.63, 3.8) is 0 Å². The first-order valence-electron chi connectivity index (χ1n) is 8.27. The third-order valence-corrected chi connectivity index (χ3v) is 4.10. The summed E-state index contributed by atoms with van der Waals surface area (Å²) in [6, 6.07) is 4.80. The molecule has 0 aliphatic carbocycles.